The van der Waals surface area contributed by atoms with Gasteiger partial charge in [-0.05, 0) is 34.1 Å². The first-order valence-corrected chi connectivity index (χ1v) is 3.99. The van der Waals surface area contributed by atoms with Crippen molar-refractivity contribution < 1.29 is 4.42 Å². The van der Waals surface area contributed by atoms with Gasteiger partial charge in [-0.1, -0.05) is 0 Å². The molecule has 0 saturated heterocycles. The number of nitrogen functional groups attached to an aromatic ring is 1. The molecule has 3 heteroatoms. The van der Waals surface area contributed by atoms with Gasteiger partial charge in [0.2, 0.25) is 0 Å². The molecule has 0 bridgehead atoms. The highest BCUT2D eigenvalue weighted by atomic mass is 79.9. The van der Waals surface area contributed by atoms with E-state index in [9.17, 15) is 0 Å². The smallest absolute Gasteiger partial charge is 0.136 e. The van der Waals surface area contributed by atoms with Gasteiger partial charge in [0.1, 0.15) is 5.58 Å². The highest BCUT2D eigenvalue weighted by Crippen LogP contribution is 2.28. The van der Waals surface area contributed by atoms with E-state index in [1.807, 2.05) is 18.2 Å². The predicted molar refractivity (Wildman–Crippen MR) is 48.3 cm³/mol. The Hall–Kier alpha value is -0.960. The summed E-state index contributed by atoms with van der Waals surface area (Å²) in [5, 5.41) is 0.958. The first-order valence-electron chi connectivity index (χ1n) is 3.20. The van der Waals surface area contributed by atoms with E-state index in [0.717, 1.165) is 21.1 Å². The van der Waals surface area contributed by atoms with Gasteiger partial charge in [0.25, 0.3) is 0 Å². The molecule has 1 aromatic carbocycles. The second kappa shape index (κ2) is 2.27. The van der Waals surface area contributed by atoms with Crippen molar-refractivity contribution in [1.29, 1.82) is 0 Å². The molecule has 0 saturated carbocycles. The fourth-order valence-corrected chi connectivity index (χ4v) is 1.39. The third kappa shape index (κ3) is 0.922. The molecule has 1 heterocycles. The molecule has 0 unspecified atom stereocenters. The van der Waals surface area contributed by atoms with Crippen molar-refractivity contribution in [2.45, 2.75) is 0 Å². The molecular formula is C8H6BrNO. The van der Waals surface area contributed by atoms with Crippen LogP contribution in [0.4, 0.5) is 5.69 Å². The molecule has 11 heavy (non-hydrogen) atoms. The number of rotatable bonds is 0. The van der Waals surface area contributed by atoms with Crippen LogP contribution in [-0.4, -0.2) is 0 Å². The summed E-state index contributed by atoms with van der Waals surface area (Å²) in [4.78, 5) is 0. The van der Waals surface area contributed by atoms with Crippen molar-refractivity contribution in [2.24, 2.45) is 0 Å². The van der Waals surface area contributed by atoms with E-state index in [4.69, 9.17) is 10.2 Å². The first-order chi connectivity index (χ1) is 5.29. The summed E-state index contributed by atoms with van der Waals surface area (Å²) in [7, 11) is 0. The lowest BCUT2D eigenvalue weighted by Crippen LogP contribution is -1.85. The van der Waals surface area contributed by atoms with Crippen molar-refractivity contribution in [3.8, 4) is 0 Å². The van der Waals surface area contributed by atoms with Gasteiger partial charge >= 0.3 is 0 Å². The number of furan rings is 1. The molecule has 2 N–H and O–H groups in total. The Balaban J connectivity index is 2.93. The molecular weight excluding hydrogens is 206 g/mol. The zero-order valence-electron chi connectivity index (χ0n) is 5.67. The van der Waals surface area contributed by atoms with E-state index >= 15 is 0 Å². The minimum Gasteiger partial charge on any atom is -0.464 e. The number of hydrogen-bond acceptors (Lipinski definition) is 2. The minimum absolute atomic E-state index is 0.733. The second-order valence-corrected chi connectivity index (χ2v) is 3.15. The lowest BCUT2D eigenvalue weighted by Gasteiger charge is -1.96. The molecule has 0 fully saturated rings. The van der Waals surface area contributed by atoms with E-state index < -0.39 is 0 Å². The van der Waals surface area contributed by atoms with E-state index in [2.05, 4.69) is 15.9 Å². The van der Waals surface area contributed by atoms with Crippen molar-refractivity contribution in [3.05, 3.63) is 28.9 Å². The van der Waals surface area contributed by atoms with Crippen LogP contribution in [0.3, 0.4) is 0 Å². The topological polar surface area (TPSA) is 39.2 Å². The highest BCUT2D eigenvalue weighted by molar-refractivity contribution is 9.10. The first kappa shape index (κ1) is 6.73. The van der Waals surface area contributed by atoms with Crippen LogP contribution in [0, 0.1) is 0 Å². The van der Waals surface area contributed by atoms with Gasteiger partial charge < -0.3 is 10.2 Å². The number of anilines is 1. The molecule has 0 spiro atoms. The number of benzene rings is 1. The van der Waals surface area contributed by atoms with Gasteiger partial charge in [-0.2, -0.15) is 0 Å². The van der Waals surface area contributed by atoms with Crippen LogP contribution in [0.5, 0.6) is 0 Å². The van der Waals surface area contributed by atoms with E-state index in [1.165, 1.54) is 0 Å². The Morgan fingerprint density at radius 2 is 2.09 bits per heavy atom. The van der Waals surface area contributed by atoms with Crippen LogP contribution >= 0.6 is 15.9 Å². The quantitative estimate of drug-likeness (QED) is 0.682. The Kier molecular flexibility index (Phi) is 1.39. The predicted octanol–water partition coefficient (Wildman–Crippen LogP) is 2.78. The van der Waals surface area contributed by atoms with Crippen molar-refractivity contribution in [2.75, 3.05) is 5.73 Å². The molecule has 56 valence electrons. The summed E-state index contributed by atoms with van der Waals surface area (Å²) in [5.74, 6) is 0. The van der Waals surface area contributed by atoms with Gasteiger partial charge in [-0.15, -0.1) is 0 Å². The monoisotopic (exact) mass is 211 g/mol. The van der Waals surface area contributed by atoms with E-state index in [-0.39, 0.29) is 0 Å². The molecule has 0 aliphatic rings. The lowest BCUT2D eigenvalue weighted by molar-refractivity contribution is 0.616. The van der Waals surface area contributed by atoms with Gasteiger partial charge in [-0.3, -0.25) is 0 Å². The Bertz CT molecular complexity index is 394. The standard InChI is InChI=1S/C8H6BrNO/c9-6-1-2-7-5(8(6)10)3-4-11-7/h1-4H,10H2. The molecule has 2 aromatic rings. The molecule has 0 atom stereocenters. The zero-order chi connectivity index (χ0) is 7.84. The summed E-state index contributed by atoms with van der Waals surface area (Å²) in [6, 6.07) is 5.62. The molecule has 1 aromatic heterocycles. The number of fused-ring (bicyclic) bond motifs is 1. The normalized spacial score (nSPS) is 10.6. The summed E-state index contributed by atoms with van der Waals surface area (Å²) in [5.41, 5.74) is 7.31. The van der Waals surface area contributed by atoms with Crippen LogP contribution < -0.4 is 5.73 Å². The number of hydrogen-bond donors (Lipinski definition) is 1. The van der Waals surface area contributed by atoms with E-state index in [0.29, 0.717) is 0 Å². The average molecular weight is 212 g/mol. The maximum atomic E-state index is 5.76. The molecule has 0 aliphatic heterocycles. The van der Waals surface area contributed by atoms with Crippen LogP contribution in [0.15, 0.2) is 33.4 Å². The molecule has 0 aliphatic carbocycles. The highest BCUT2D eigenvalue weighted by Gasteiger charge is 2.02. The third-order valence-electron chi connectivity index (χ3n) is 1.62. The number of nitrogens with two attached hydrogens (primary N) is 1. The molecule has 2 rings (SSSR count). The minimum atomic E-state index is 0.733. The van der Waals surface area contributed by atoms with Crippen LogP contribution in [-0.2, 0) is 0 Å². The van der Waals surface area contributed by atoms with Gasteiger partial charge in [0, 0.05) is 9.86 Å². The third-order valence-corrected chi connectivity index (χ3v) is 2.32. The lowest BCUT2D eigenvalue weighted by atomic mass is 10.2. The maximum absolute atomic E-state index is 5.76. The number of halogens is 1. The zero-order valence-corrected chi connectivity index (χ0v) is 7.26. The van der Waals surface area contributed by atoms with E-state index in [1.54, 1.807) is 6.26 Å². The average Bonchev–Trinajstić information content (AvgIpc) is 2.45. The SMILES string of the molecule is Nc1c(Br)ccc2occc12. The van der Waals surface area contributed by atoms with Gasteiger partial charge in [0.05, 0.1) is 12.0 Å². The van der Waals surface area contributed by atoms with Gasteiger partial charge in [0.15, 0.2) is 0 Å². The molecule has 0 radical (unpaired) electrons. The second-order valence-electron chi connectivity index (χ2n) is 2.29. The van der Waals surface area contributed by atoms with Crippen LogP contribution in [0.1, 0.15) is 0 Å². The summed E-state index contributed by atoms with van der Waals surface area (Å²) in [6.45, 7) is 0. The van der Waals surface area contributed by atoms with Crippen LogP contribution in [0.2, 0.25) is 0 Å². The Morgan fingerprint density at radius 1 is 1.27 bits per heavy atom. The van der Waals surface area contributed by atoms with Crippen molar-refractivity contribution >= 4 is 32.6 Å². The van der Waals surface area contributed by atoms with Crippen molar-refractivity contribution in [3.63, 3.8) is 0 Å². The fraction of sp³-hybridized carbons (Fsp3) is 0. The summed E-state index contributed by atoms with van der Waals surface area (Å²) in [6.07, 6.45) is 1.63. The summed E-state index contributed by atoms with van der Waals surface area (Å²) >= 11 is 3.33. The Morgan fingerprint density at radius 3 is 2.91 bits per heavy atom. The van der Waals surface area contributed by atoms with Gasteiger partial charge in [-0.25, -0.2) is 0 Å². The van der Waals surface area contributed by atoms with Crippen LogP contribution in [0.25, 0.3) is 11.0 Å². The Labute approximate surface area is 72.1 Å². The maximum Gasteiger partial charge on any atom is 0.136 e. The molecule has 2 nitrogen and oxygen atoms in total. The summed E-state index contributed by atoms with van der Waals surface area (Å²) < 4.78 is 6.06. The largest absolute Gasteiger partial charge is 0.464 e. The van der Waals surface area contributed by atoms with Crippen molar-refractivity contribution in [1.82, 2.24) is 0 Å². The molecule has 0 amide bonds. The fourth-order valence-electron chi connectivity index (χ4n) is 1.04.